The molecular weight excluding hydrogens is 629 g/mol. The van der Waals surface area contributed by atoms with Gasteiger partial charge in [0.1, 0.15) is 22.3 Å². The Morgan fingerprint density at radius 1 is 0.451 bits per heavy atom. The maximum absolute atomic E-state index is 9.03. The number of hydrogen-bond acceptors (Lipinski definition) is 5. The van der Waals surface area contributed by atoms with Crippen LogP contribution in [0.2, 0.25) is 0 Å². The van der Waals surface area contributed by atoms with E-state index in [0.29, 0.717) is 22.3 Å². The van der Waals surface area contributed by atoms with Crippen molar-refractivity contribution in [3.05, 3.63) is 158 Å². The summed E-state index contributed by atoms with van der Waals surface area (Å²) in [5, 5.41) is 3.56. The zero-order valence-corrected chi connectivity index (χ0v) is 26.5. The van der Waals surface area contributed by atoms with Crippen LogP contribution in [0.3, 0.4) is 0 Å². The van der Waals surface area contributed by atoms with Crippen molar-refractivity contribution < 1.29 is 19.8 Å². The van der Waals surface area contributed by atoms with Gasteiger partial charge in [-0.3, -0.25) is 4.57 Å². The van der Waals surface area contributed by atoms with E-state index < -0.39 is 48.3 Å². The molecule has 238 valence electrons. The molecule has 0 N–H and O–H groups in total. The van der Waals surface area contributed by atoms with E-state index in [2.05, 4.69) is 0 Å². The summed E-state index contributed by atoms with van der Waals surface area (Å²) in [6, 6.07) is 30.9. The molecule has 0 fully saturated rings. The number of aromatic nitrogens is 4. The van der Waals surface area contributed by atoms with Gasteiger partial charge in [-0.05, 0) is 41.9 Å². The second-order valence-corrected chi connectivity index (χ2v) is 12.2. The number of furan rings is 2. The summed E-state index contributed by atoms with van der Waals surface area (Å²) >= 11 is 0. The molecular formula is C45H26N4O2. The monoisotopic (exact) mass is 662 g/mol. The van der Waals surface area contributed by atoms with Gasteiger partial charge in [0.05, 0.1) is 27.6 Å². The van der Waals surface area contributed by atoms with Gasteiger partial charge in [0, 0.05) is 43.4 Å². The SMILES string of the molecule is [2H]c1c([2H])c([2H])c2c(c1[2H])c1c([2H])c([2H])c([2H])c([2H])c1n2-c1nc(-c2ccccc2)nc(-c2cccc3c2oc2cc(-c4cccc5c4oc4ccccc45)ccc23)n1. The van der Waals surface area contributed by atoms with Gasteiger partial charge in [0.2, 0.25) is 5.95 Å². The van der Waals surface area contributed by atoms with E-state index in [4.69, 9.17) is 34.8 Å². The minimum absolute atomic E-state index is 0.0743. The largest absolute Gasteiger partial charge is 0.455 e. The fourth-order valence-electron chi connectivity index (χ4n) is 7.04. The maximum atomic E-state index is 9.03. The smallest absolute Gasteiger partial charge is 0.238 e. The van der Waals surface area contributed by atoms with Crippen LogP contribution in [-0.4, -0.2) is 19.5 Å². The van der Waals surface area contributed by atoms with Crippen molar-refractivity contribution in [3.8, 4) is 39.9 Å². The standard InChI is InChI=1S/C45H26N4O2/c1-2-12-27(13-3-1)43-46-44(48-45(47-43)49-37-21-7-4-14-30(37)31-15-5-8-22-38(31)49)36-20-11-19-35-33-25-24-28(26-40(33)51-42(35)36)29-17-10-18-34-32-16-6-9-23-39(32)50-41(29)34/h1-26H/i4D,5D,7D,8D,14D,15D,21D,22D. The van der Waals surface area contributed by atoms with Crippen molar-refractivity contribution in [1.82, 2.24) is 19.5 Å². The Labute approximate surface area is 302 Å². The molecule has 6 heteroatoms. The molecule has 7 aromatic carbocycles. The summed E-state index contributed by atoms with van der Waals surface area (Å²) in [6.07, 6.45) is 0. The van der Waals surface area contributed by atoms with E-state index in [1.165, 1.54) is 4.57 Å². The minimum Gasteiger partial charge on any atom is -0.455 e. The number of rotatable bonds is 4. The molecule has 0 amide bonds. The summed E-state index contributed by atoms with van der Waals surface area (Å²) in [6.45, 7) is 0. The van der Waals surface area contributed by atoms with Gasteiger partial charge in [-0.1, -0.05) is 121 Å². The quantitative estimate of drug-likeness (QED) is 0.188. The van der Waals surface area contributed by atoms with Gasteiger partial charge < -0.3 is 8.83 Å². The van der Waals surface area contributed by atoms with Gasteiger partial charge in [0.15, 0.2) is 11.6 Å². The van der Waals surface area contributed by atoms with Crippen molar-refractivity contribution in [2.24, 2.45) is 0 Å². The topological polar surface area (TPSA) is 69.9 Å². The van der Waals surface area contributed by atoms with Crippen LogP contribution in [0.15, 0.2) is 166 Å². The molecule has 6 nitrogen and oxygen atoms in total. The van der Waals surface area contributed by atoms with Crippen LogP contribution in [0.4, 0.5) is 0 Å². The maximum Gasteiger partial charge on any atom is 0.238 e. The molecule has 51 heavy (non-hydrogen) atoms. The van der Waals surface area contributed by atoms with Crippen LogP contribution < -0.4 is 0 Å². The molecule has 0 atom stereocenters. The fraction of sp³-hybridized carbons (Fsp3) is 0. The highest BCUT2D eigenvalue weighted by Crippen LogP contribution is 2.40. The van der Waals surface area contributed by atoms with Crippen molar-refractivity contribution in [2.75, 3.05) is 0 Å². The third-order valence-corrected chi connectivity index (χ3v) is 9.34. The molecule has 0 aliphatic heterocycles. The first-order valence-corrected chi connectivity index (χ1v) is 16.3. The molecule has 0 aliphatic carbocycles. The predicted octanol–water partition coefficient (Wildman–Crippen LogP) is 11.8. The third kappa shape index (κ3) is 4.20. The average molecular weight is 663 g/mol. The van der Waals surface area contributed by atoms with Gasteiger partial charge in [-0.15, -0.1) is 0 Å². The highest BCUT2D eigenvalue weighted by atomic mass is 16.3. The van der Waals surface area contributed by atoms with Gasteiger partial charge >= 0.3 is 0 Å². The van der Waals surface area contributed by atoms with Crippen LogP contribution in [0.25, 0.3) is 106 Å². The van der Waals surface area contributed by atoms with Crippen LogP contribution >= 0.6 is 0 Å². The van der Waals surface area contributed by atoms with Crippen LogP contribution in [0.5, 0.6) is 0 Å². The number of para-hydroxylation sites is 5. The first kappa shape index (κ1) is 21.1. The average Bonchev–Trinajstić information content (AvgIpc) is 3.96. The van der Waals surface area contributed by atoms with Crippen molar-refractivity contribution >= 4 is 65.7 Å². The van der Waals surface area contributed by atoms with Crippen molar-refractivity contribution in [3.63, 3.8) is 0 Å². The molecule has 0 saturated heterocycles. The number of benzene rings is 7. The van der Waals surface area contributed by atoms with Crippen LogP contribution in [0.1, 0.15) is 11.0 Å². The van der Waals surface area contributed by atoms with E-state index in [1.54, 1.807) is 0 Å². The van der Waals surface area contributed by atoms with E-state index in [-0.39, 0.29) is 39.4 Å². The second-order valence-electron chi connectivity index (χ2n) is 12.2. The first-order chi connectivity index (χ1) is 28.6. The number of nitrogens with zero attached hydrogens (tertiary/aromatic N) is 4. The van der Waals surface area contributed by atoms with E-state index in [0.717, 1.165) is 43.8 Å². The Morgan fingerprint density at radius 3 is 1.84 bits per heavy atom. The third-order valence-electron chi connectivity index (χ3n) is 9.34. The normalized spacial score (nSPS) is 14.1. The molecule has 4 heterocycles. The molecule has 0 unspecified atom stereocenters. The lowest BCUT2D eigenvalue weighted by Gasteiger charge is -2.11. The van der Waals surface area contributed by atoms with Crippen LogP contribution in [0, 0.1) is 0 Å². The second kappa shape index (κ2) is 10.7. The number of fused-ring (bicyclic) bond motifs is 9. The highest BCUT2D eigenvalue weighted by Gasteiger charge is 2.21. The minimum atomic E-state index is -0.539. The molecule has 0 radical (unpaired) electrons. The van der Waals surface area contributed by atoms with E-state index in [1.807, 2.05) is 109 Å². The molecule has 4 aromatic heterocycles. The lowest BCUT2D eigenvalue weighted by atomic mass is 10.0. The Bertz CT molecular complexity index is 3540. The molecule has 11 aromatic rings. The molecule has 0 spiro atoms. The summed E-state index contributed by atoms with van der Waals surface area (Å²) < 4.78 is 84.2. The molecule has 11 rings (SSSR count). The van der Waals surface area contributed by atoms with E-state index in [9.17, 15) is 0 Å². The van der Waals surface area contributed by atoms with Gasteiger partial charge in [-0.25, -0.2) is 4.98 Å². The Kier molecular flexibility index (Phi) is 4.44. The fourth-order valence-corrected chi connectivity index (χ4v) is 7.04. The van der Waals surface area contributed by atoms with Gasteiger partial charge in [0.25, 0.3) is 0 Å². The Morgan fingerprint density at radius 2 is 1.06 bits per heavy atom. The first-order valence-electron chi connectivity index (χ1n) is 20.3. The highest BCUT2D eigenvalue weighted by molar-refractivity contribution is 6.13. The lowest BCUT2D eigenvalue weighted by Crippen LogP contribution is -2.06. The van der Waals surface area contributed by atoms with Crippen molar-refractivity contribution in [2.45, 2.75) is 0 Å². The Balaban J connectivity index is 1.18. The lowest BCUT2D eigenvalue weighted by molar-refractivity contribution is 0.668. The van der Waals surface area contributed by atoms with Gasteiger partial charge in [-0.2, -0.15) is 9.97 Å². The molecule has 0 saturated carbocycles. The zero-order chi connectivity index (χ0) is 40.4. The summed E-state index contributed by atoms with van der Waals surface area (Å²) in [4.78, 5) is 14.7. The van der Waals surface area contributed by atoms with E-state index >= 15 is 0 Å². The van der Waals surface area contributed by atoms with Crippen molar-refractivity contribution in [1.29, 1.82) is 0 Å². The molecule has 0 aliphatic rings. The Hall–Kier alpha value is -7.05. The predicted molar refractivity (Wildman–Crippen MR) is 205 cm³/mol. The summed E-state index contributed by atoms with van der Waals surface area (Å²) in [5.41, 5.74) is 5.43. The summed E-state index contributed by atoms with van der Waals surface area (Å²) in [5.74, 6) is 0.275. The number of hydrogen-bond donors (Lipinski definition) is 0. The zero-order valence-electron chi connectivity index (χ0n) is 34.5. The summed E-state index contributed by atoms with van der Waals surface area (Å²) in [7, 11) is 0. The molecule has 0 bridgehead atoms. The van der Waals surface area contributed by atoms with Crippen LogP contribution in [-0.2, 0) is 0 Å².